The topological polar surface area (TPSA) is 89.9 Å². The molecular formula is C16H28O6. The molecule has 1 N–H and O–H groups in total. The molecular weight excluding hydrogens is 288 g/mol. The quantitative estimate of drug-likeness (QED) is 0.492. The smallest absolute Gasteiger partial charge is 0.311 e. The van der Waals surface area contributed by atoms with Crippen LogP contribution in [0.5, 0.6) is 0 Å². The number of hydrogen-bond acceptors (Lipinski definition) is 5. The van der Waals surface area contributed by atoms with E-state index in [1.54, 1.807) is 13.8 Å². The minimum Gasteiger partial charge on any atom is -0.481 e. The van der Waals surface area contributed by atoms with Gasteiger partial charge in [0.05, 0.1) is 5.92 Å². The van der Waals surface area contributed by atoms with Crippen LogP contribution in [-0.4, -0.2) is 29.3 Å². The average molecular weight is 316 g/mol. The molecule has 0 spiro atoms. The largest absolute Gasteiger partial charge is 0.481 e. The van der Waals surface area contributed by atoms with Crippen molar-refractivity contribution in [2.24, 2.45) is 17.8 Å². The number of carboxylic acid groups (broad SMARTS) is 1. The summed E-state index contributed by atoms with van der Waals surface area (Å²) in [7, 11) is 0. The molecule has 0 aliphatic heterocycles. The van der Waals surface area contributed by atoms with E-state index in [1.807, 2.05) is 13.8 Å². The maximum Gasteiger partial charge on any atom is 0.311 e. The van der Waals surface area contributed by atoms with Gasteiger partial charge in [0.15, 0.2) is 0 Å². The summed E-state index contributed by atoms with van der Waals surface area (Å²) in [5.74, 6) is -1.75. The molecule has 0 fully saturated rings. The summed E-state index contributed by atoms with van der Waals surface area (Å²) < 4.78 is 9.94. The van der Waals surface area contributed by atoms with Crippen LogP contribution in [0.3, 0.4) is 0 Å². The molecule has 0 rings (SSSR count). The van der Waals surface area contributed by atoms with E-state index in [2.05, 4.69) is 0 Å². The summed E-state index contributed by atoms with van der Waals surface area (Å²) in [4.78, 5) is 33.9. The predicted molar refractivity (Wildman–Crippen MR) is 80.9 cm³/mol. The van der Waals surface area contributed by atoms with Gasteiger partial charge in [-0.15, -0.1) is 0 Å². The zero-order chi connectivity index (χ0) is 17.3. The maximum absolute atomic E-state index is 11.7. The molecule has 0 aromatic heterocycles. The summed E-state index contributed by atoms with van der Waals surface area (Å²) in [5.41, 5.74) is 0. The molecule has 2 atom stereocenters. The van der Waals surface area contributed by atoms with Gasteiger partial charge in [0.25, 0.3) is 0 Å². The molecule has 0 heterocycles. The molecule has 0 amide bonds. The molecule has 0 radical (unpaired) electrons. The van der Waals surface area contributed by atoms with E-state index < -0.39 is 24.2 Å². The molecule has 0 saturated carbocycles. The van der Waals surface area contributed by atoms with Crippen LogP contribution >= 0.6 is 0 Å². The first-order valence-electron chi connectivity index (χ1n) is 7.73. The van der Waals surface area contributed by atoms with E-state index in [1.165, 1.54) is 6.92 Å². The molecule has 22 heavy (non-hydrogen) atoms. The number of carbonyl (C=O) groups excluding carboxylic acids is 2. The molecule has 0 bridgehead atoms. The fourth-order valence-electron chi connectivity index (χ4n) is 2.11. The number of carbonyl (C=O) groups is 3. The second-order valence-corrected chi connectivity index (χ2v) is 6.28. The molecule has 6 nitrogen and oxygen atoms in total. The summed E-state index contributed by atoms with van der Waals surface area (Å²) in [5, 5.41) is 8.88. The lowest BCUT2D eigenvalue weighted by Crippen LogP contribution is -2.24. The van der Waals surface area contributed by atoms with Crippen LogP contribution in [0.2, 0.25) is 0 Å². The van der Waals surface area contributed by atoms with Crippen molar-refractivity contribution < 1.29 is 29.0 Å². The summed E-state index contributed by atoms with van der Waals surface area (Å²) in [6.07, 6.45) is 0.439. The molecule has 0 saturated heterocycles. The number of aliphatic carboxylic acids is 1. The van der Waals surface area contributed by atoms with Crippen molar-refractivity contribution in [3.05, 3.63) is 0 Å². The first-order valence-corrected chi connectivity index (χ1v) is 7.73. The SMILES string of the molecule is CC(C)C[C@H](CCC(=O)OC(C)OC(=O)C(C)C)CC(=O)O. The number of hydrogen-bond donors (Lipinski definition) is 1. The van der Waals surface area contributed by atoms with Crippen LogP contribution in [0.25, 0.3) is 0 Å². The first kappa shape index (κ1) is 20.4. The van der Waals surface area contributed by atoms with Crippen molar-refractivity contribution in [3.63, 3.8) is 0 Å². The van der Waals surface area contributed by atoms with E-state index in [0.717, 1.165) is 6.42 Å². The molecule has 0 aliphatic rings. The lowest BCUT2D eigenvalue weighted by Gasteiger charge is -2.18. The standard InChI is InChI=1S/C16H28O6/c1-10(2)8-13(9-14(17)18)6-7-15(19)21-12(5)22-16(20)11(3)4/h10-13H,6-9H2,1-5H3,(H,17,18)/t12?,13-/m0/s1. The summed E-state index contributed by atoms with van der Waals surface area (Å²) in [6.45, 7) is 8.90. The van der Waals surface area contributed by atoms with Gasteiger partial charge in [0, 0.05) is 19.8 Å². The van der Waals surface area contributed by atoms with Crippen LogP contribution in [-0.2, 0) is 23.9 Å². The molecule has 6 heteroatoms. The normalized spacial score (nSPS) is 13.8. The predicted octanol–water partition coefficient (Wildman–Crippen LogP) is 2.99. The molecule has 1 unspecified atom stereocenters. The van der Waals surface area contributed by atoms with E-state index in [-0.39, 0.29) is 24.7 Å². The van der Waals surface area contributed by atoms with Gasteiger partial charge >= 0.3 is 17.9 Å². The molecule has 128 valence electrons. The highest BCUT2D eigenvalue weighted by molar-refractivity contribution is 5.72. The Kier molecular flexibility index (Phi) is 9.45. The van der Waals surface area contributed by atoms with Crippen molar-refractivity contribution in [3.8, 4) is 0 Å². The number of ether oxygens (including phenoxy) is 2. The monoisotopic (exact) mass is 316 g/mol. The van der Waals surface area contributed by atoms with Crippen LogP contribution in [0.1, 0.15) is 60.3 Å². The molecule has 0 aromatic carbocycles. The Morgan fingerprint density at radius 3 is 2.05 bits per heavy atom. The van der Waals surface area contributed by atoms with Gasteiger partial charge in [-0.25, -0.2) is 0 Å². The van der Waals surface area contributed by atoms with Crippen molar-refractivity contribution >= 4 is 17.9 Å². The Morgan fingerprint density at radius 1 is 1.00 bits per heavy atom. The van der Waals surface area contributed by atoms with Crippen LogP contribution in [0.4, 0.5) is 0 Å². The Bertz CT molecular complexity index is 375. The molecule has 0 aliphatic carbocycles. The van der Waals surface area contributed by atoms with Crippen LogP contribution in [0, 0.1) is 17.8 Å². The van der Waals surface area contributed by atoms with Crippen molar-refractivity contribution in [2.75, 3.05) is 0 Å². The van der Waals surface area contributed by atoms with Gasteiger partial charge in [-0.2, -0.15) is 0 Å². The van der Waals surface area contributed by atoms with E-state index >= 15 is 0 Å². The fraction of sp³-hybridized carbons (Fsp3) is 0.812. The van der Waals surface area contributed by atoms with E-state index in [9.17, 15) is 14.4 Å². The second-order valence-electron chi connectivity index (χ2n) is 6.28. The summed E-state index contributed by atoms with van der Waals surface area (Å²) in [6, 6.07) is 0. The Balaban J connectivity index is 4.22. The lowest BCUT2D eigenvalue weighted by atomic mass is 9.90. The van der Waals surface area contributed by atoms with Gasteiger partial charge in [0.1, 0.15) is 0 Å². The Morgan fingerprint density at radius 2 is 1.59 bits per heavy atom. The Hall–Kier alpha value is -1.59. The third kappa shape index (κ3) is 10.2. The van der Waals surface area contributed by atoms with Gasteiger partial charge in [-0.3, -0.25) is 14.4 Å². The van der Waals surface area contributed by atoms with E-state index in [4.69, 9.17) is 14.6 Å². The first-order chi connectivity index (χ1) is 10.1. The van der Waals surface area contributed by atoms with Crippen molar-refractivity contribution in [2.45, 2.75) is 66.6 Å². The van der Waals surface area contributed by atoms with Gasteiger partial charge in [0.2, 0.25) is 6.29 Å². The molecule has 0 aromatic rings. The second kappa shape index (κ2) is 10.2. The average Bonchev–Trinajstić information content (AvgIpc) is 2.34. The highest BCUT2D eigenvalue weighted by Crippen LogP contribution is 2.21. The third-order valence-electron chi connectivity index (χ3n) is 3.08. The van der Waals surface area contributed by atoms with E-state index in [0.29, 0.717) is 12.3 Å². The van der Waals surface area contributed by atoms with Gasteiger partial charge < -0.3 is 14.6 Å². The lowest BCUT2D eigenvalue weighted by molar-refractivity contribution is -0.187. The zero-order valence-electron chi connectivity index (χ0n) is 14.1. The summed E-state index contributed by atoms with van der Waals surface area (Å²) >= 11 is 0. The number of carboxylic acids is 1. The highest BCUT2D eigenvalue weighted by Gasteiger charge is 2.19. The van der Waals surface area contributed by atoms with Gasteiger partial charge in [-0.05, 0) is 24.7 Å². The fourth-order valence-corrected chi connectivity index (χ4v) is 2.11. The zero-order valence-corrected chi connectivity index (χ0v) is 14.1. The Labute approximate surface area is 132 Å². The minimum atomic E-state index is -0.926. The number of esters is 2. The van der Waals surface area contributed by atoms with Crippen molar-refractivity contribution in [1.29, 1.82) is 0 Å². The van der Waals surface area contributed by atoms with Gasteiger partial charge in [-0.1, -0.05) is 27.7 Å². The van der Waals surface area contributed by atoms with Crippen LogP contribution < -0.4 is 0 Å². The number of rotatable bonds is 10. The minimum absolute atomic E-state index is 0.0450. The maximum atomic E-state index is 11.7. The highest BCUT2D eigenvalue weighted by atomic mass is 16.7. The third-order valence-corrected chi connectivity index (χ3v) is 3.08. The van der Waals surface area contributed by atoms with Crippen molar-refractivity contribution in [1.82, 2.24) is 0 Å². The van der Waals surface area contributed by atoms with Crippen LogP contribution in [0.15, 0.2) is 0 Å².